The van der Waals surface area contributed by atoms with Crippen molar-refractivity contribution >= 4 is 5.91 Å². The van der Waals surface area contributed by atoms with Gasteiger partial charge in [-0.15, -0.1) is 0 Å². The van der Waals surface area contributed by atoms with E-state index in [0.29, 0.717) is 6.42 Å². The molecule has 2 aromatic heterocycles. The monoisotopic (exact) mass is 373 g/mol. The van der Waals surface area contributed by atoms with E-state index < -0.39 is 17.5 Å². The predicted octanol–water partition coefficient (Wildman–Crippen LogP) is 3.29. The van der Waals surface area contributed by atoms with E-state index in [1.165, 1.54) is 12.1 Å². The number of aromatic nitrogens is 2. The molecule has 2 heterocycles. The van der Waals surface area contributed by atoms with Gasteiger partial charge in [-0.1, -0.05) is 11.2 Å². The van der Waals surface area contributed by atoms with E-state index in [2.05, 4.69) is 15.5 Å². The molecule has 0 saturated carbocycles. The second-order valence-corrected chi connectivity index (χ2v) is 5.98. The van der Waals surface area contributed by atoms with Crippen LogP contribution in [0.5, 0.6) is 5.75 Å². The van der Waals surface area contributed by atoms with Crippen molar-refractivity contribution in [2.45, 2.75) is 26.0 Å². The molecule has 0 unspecified atom stereocenters. The highest BCUT2D eigenvalue weighted by molar-refractivity contribution is 5.92. The summed E-state index contributed by atoms with van der Waals surface area (Å²) in [5.74, 6) is -1.79. The van der Waals surface area contributed by atoms with Gasteiger partial charge in [-0.25, -0.2) is 8.78 Å². The molecule has 1 N–H and O–H groups in total. The van der Waals surface area contributed by atoms with Crippen molar-refractivity contribution in [3.63, 3.8) is 0 Å². The highest BCUT2D eigenvalue weighted by Gasteiger charge is 2.16. The Morgan fingerprint density at radius 3 is 2.89 bits per heavy atom. The van der Waals surface area contributed by atoms with Gasteiger partial charge in [0, 0.05) is 30.6 Å². The lowest BCUT2D eigenvalue weighted by molar-refractivity contribution is 0.0930. The highest BCUT2D eigenvalue weighted by atomic mass is 19.1. The van der Waals surface area contributed by atoms with Gasteiger partial charge in [0.15, 0.2) is 23.0 Å². The molecule has 8 heteroatoms. The van der Waals surface area contributed by atoms with Crippen LogP contribution in [0.4, 0.5) is 8.78 Å². The van der Waals surface area contributed by atoms with E-state index in [-0.39, 0.29) is 29.9 Å². The maximum absolute atomic E-state index is 13.5. The van der Waals surface area contributed by atoms with Gasteiger partial charge in [0.25, 0.3) is 5.91 Å². The van der Waals surface area contributed by atoms with Gasteiger partial charge in [0.2, 0.25) is 0 Å². The summed E-state index contributed by atoms with van der Waals surface area (Å²) in [6.45, 7) is 1.72. The summed E-state index contributed by atoms with van der Waals surface area (Å²) in [4.78, 5) is 16.3. The Morgan fingerprint density at radius 2 is 2.15 bits per heavy atom. The second kappa shape index (κ2) is 8.39. The molecular formula is C19H17F2N3O3. The van der Waals surface area contributed by atoms with Crippen LogP contribution in [-0.2, 0) is 13.0 Å². The molecule has 1 aromatic carbocycles. The molecule has 1 amide bonds. The Labute approximate surface area is 154 Å². The number of carbonyl (C=O) groups excluding carboxylic acids is 1. The van der Waals surface area contributed by atoms with Gasteiger partial charge < -0.3 is 14.6 Å². The molecule has 1 atom stereocenters. The summed E-state index contributed by atoms with van der Waals surface area (Å²) in [7, 11) is 0. The van der Waals surface area contributed by atoms with E-state index in [4.69, 9.17) is 9.26 Å². The van der Waals surface area contributed by atoms with Crippen molar-refractivity contribution < 1.29 is 22.8 Å². The second-order valence-electron chi connectivity index (χ2n) is 5.98. The van der Waals surface area contributed by atoms with Crippen LogP contribution >= 0.6 is 0 Å². The topological polar surface area (TPSA) is 77.2 Å². The zero-order valence-electron chi connectivity index (χ0n) is 14.5. The third-order valence-corrected chi connectivity index (χ3v) is 3.70. The zero-order chi connectivity index (χ0) is 19.2. The first-order valence-corrected chi connectivity index (χ1v) is 8.24. The Kier molecular flexibility index (Phi) is 5.75. The first-order chi connectivity index (χ1) is 13.0. The Balaban J connectivity index is 1.54. The Morgan fingerprint density at radius 1 is 1.30 bits per heavy atom. The van der Waals surface area contributed by atoms with Crippen LogP contribution in [0.1, 0.15) is 28.7 Å². The summed E-state index contributed by atoms with van der Waals surface area (Å²) in [5.41, 5.74) is 1.09. The lowest BCUT2D eigenvalue weighted by atomic mass is 10.1. The van der Waals surface area contributed by atoms with Gasteiger partial charge in [-0.2, -0.15) is 0 Å². The smallest absolute Gasteiger partial charge is 0.273 e. The molecule has 6 nitrogen and oxygen atoms in total. The number of pyridine rings is 1. The first-order valence-electron chi connectivity index (χ1n) is 8.24. The van der Waals surface area contributed by atoms with Crippen molar-refractivity contribution in [2.75, 3.05) is 0 Å². The van der Waals surface area contributed by atoms with Gasteiger partial charge >= 0.3 is 0 Å². The quantitative estimate of drug-likeness (QED) is 0.688. The number of carbonyl (C=O) groups is 1. The van der Waals surface area contributed by atoms with Crippen LogP contribution in [0.3, 0.4) is 0 Å². The van der Waals surface area contributed by atoms with Crippen molar-refractivity contribution in [3.8, 4) is 5.75 Å². The summed E-state index contributed by atoms with van der Waals surface area (Å²) in [6.07, 6.45) is 4.05. The minimum atomic E-state index is -0.822. The van der Waals surface area contributed by atoms with E-state index in [0.717, 1.165) is 17.7 Å². The summed E-state index contributed by atoms with van der Waals surface area (Å²) < 4.78 is 36.6. The number of ether oxygens (including phenoxy) is 1. The number of rotatable bonds is 7. The van der Waals surface area contributed by atoms with Crippen LogP contribution in [0.15, 0.2) is 53.3 Å². The van der Waals surface area contributed by atoms with Crippen LogP contribution < -0.4 is 10.1 Å². The molecule has 27 heavy (non-hydrogen) atoms. The van der Waals surface area contributed by atoms with Gasteiger partial charge in [-0.05, 0) is 37.1 Å². The van der Waals surface area contributed by atoms with Crippen molar-refractivity contribution in [2.24, 2.45) is 0 Å². The number of halogens is 2. The molecule has 0 spiro atoms. The average molecular weight is 373 g/mol. The minimum Gasteiger partial charge on any atom is -0.482 e. The maximum Gasteiger partial charge on any atom is 0.273 e. The SMILES string of the molecule is C[C@@H](Cc1cccnc1)NC(=O)c1cc(COc2ccc(F)cc2F)on1. The molecular weight excluding hydrogens is 356 g/mol. The zero-order valence-corrected chi connectivity index (χ0v) is 14.5. The fraction of sp³-hybridized carbons (Fsp3) is 0.211. The first kappa shape index (κ1) is 18.5. The molecule has 0 aliphatic heterocycles. The fourth-order valence-electron chi connectivity index (χ4n) is 2.45. The van der Waals surface area contributed by atoms with Crippen LogP contribution in [0.2, 0.25) is 0 Å². The van der Waals surface area contributed by atoms with Crippen LogP contribution in [-0.4, -0.2) is 22.1 Å². The van der Waals surface area contributed by atoms with E-state index in [9.17, 15) is 13.6 Å². The number of hydrogen-bond donors (Lipinski definition) is 1. The number of amides is 1. The molecule has 0 bridgehead atoms. The Hall–Kier alpha value is -3.29. The molecule has 0 aliphatic rings. The minimum absolute atomic E-state index is 0.0891. The largest absolute Gasteiger partial charge is 0.482 e. The molecule has 3 aromatic rings. The molecule has 0 aliphatic carbocycles. The summed E-state index contributed by atoms with van der Waals surface area (Å²) in [5, 5.41) is 6.51. The maximum atomic E-state index is 13.5. The molecule has 0 fully saturated rings. The average Bonchev–Trinajstić information content (AvgIpc) is 3.11. The Bertz CT molecular complexity index is 916. The van der Waals surface area contributed by atoms with Crippen LogP contribution in [0, 0.1) is 11.6 Å². The van der Waals surface area contributed by atoms with Crippen molar-refractivity contribution in [1.29, 1.82) is 0 Å². The van der Waals surface area contributed by atoms with Gasteiger partial charge in [0.05, 0.1) is 0 Å². The number of hydrogen-bond acceptors (Lipinski definition) is 5. The third-order valence-electron chi connectivity index (χ3n) is 3.70. The summed E-state index contributed by atoms with van der Waals surface area (Å²) >= 11 is 0. The number of nitrogens with zero attached hydrogens (tertiary/aromatic N) is 2. The normalized spacial score (nSPS) is 11.8. The fourth-order valence-corrected chi connectivity index (χ4v) is 2.45. The third kappa shape index (κ3) is 5.10. The molecule has 3 rings (SSSR count). The summed E-state index contributed by atoms with van der Waals surface area (Å²) in [6, 6.07) is 8.02. The molecule has 140 valence electrons. The number of benzene rings is 1. The van der Waals surface area contributed by atoms with Crippen molar-refractivity contribution in [1.82, 2.24) is 15.5 Å². The standard InChI is InChI=1S/C19H17F2N3O3/c1-12(7-13-3-2-6-22-10-13)23-19(25)17-9-15(27-24-17)11-26-18-5-4-14(20)8-16(18)21/h2-6,8-10,12H,7,11H2,1H3,(H,23,25)/t12-/m0/s1. The highest BCUT2D eigenvalue weighted by Crippen LogP contribution is 2.19. The van der Waals surface area contributed by atoms with Crippen LogP contribution in [0.25, 0.3) is 0 Å². The predicted molar refractivity (Wildman–Crippen MR) is 92.1 cm³/mol. The van der Waals surface area contributed by atoms with Gasteiger partial charge in [-0.3, -0.25) is 9.78 Å². The van der Waals surface area contributed by atoms with Crippen molar-refractivity contribution in [3.05, 3.63) is 77.4 Å². The number of nitrogens with one attached hydrogen (secondary N) is 1. The van der Waals surface area contributed by atoms with E-state index in [1.54, 1.807) is 12.4 Å². The molecule has 0 saturated heterocycles. The lowest BCUT2D eigenvalue weighted by Crippen LogP contribution is -2.34. The van der Waals surface area contributed by atoms with E-state index >= 15 is 0 Å². The van der Waals surface area contributed by atoms with E-state index in [1.807, 2.05) is 19.1 Å². The van der Waals surface area contributed by atoms with Gasteiger partial charge in [0.1, 0.15) is 12.4 Å². The lowest BCUT2D eigenvalue weighted by Gasteiger charge is -2.12. The molecule has 0 radical (unpaired) electrons.